The number of nitriles is 1. The lowest BCUT2D eigenvalue weighted by Crippen LogP contribution is -2.55. The number of hydrogen-bond acceptors (Lipinski definition) is 7. The van der Waals surface area contributed by atoms with Crippen molar-refractivity contribution in [2.24, 2.45) is 10.7 Å². The van der Waals surface area contributed by atoms with Crippen LogP contribution >= 0.6 is 23.2 Å². The molecule has 4 heterocycles. The van der Waals surface area contributed by atoms with Crippen LogP contribution in [0.1, 0.15) is 47.9 Å². The fraction of sp³-hybridized carbons (Fsp3) is 0.304. The molecule has 61 heavy (non-hydrogen) atoms. The average Bonchev–Trinajstić information content (AvgIpc) is 3.66. The Bertz CT molecular complexity index is 2320. The zero-order valence-corrected chi connectivity index (χ0v) is 35.0. The molecule has 4 aliphatic heterocycles. The quantitative estimate of drug-likeness (QED) is 0.0396. The molecule has 0 radical (unpaired) electrons. The van der Waals surface area contributed by atoms with Crippen LogP contribution in [0.5, 0.6) is 0 Å². The number of carbonyl (C=O) groups is 2. The summed E-state index contributed by atoms with van der Waals surface area (Å²) in [6.07, 6.45) is 12.3. The summed E-state index contributed by atoms with van der Waals surface area (Å²) in [7, 11) is 0. The first-order valence-electron chi connectivity index (χ1n) is 20.2. The van der Waals surface area contributed by atoms with Crippen LogP contribution in [0.2, 0.25) is 10.0 Å². The van der Waals surface area contributed by atoms with E-state index in [0.717, 1.165) is 81.6 Å². The third kappa shape index (κ3) is 11.1. The molecular formula is C46H47Cl2F2N9O2. The van der Waals surface area contributed by atoms with Crippen LogP contribution in [0.3, 0.4) is 0 Å². The molecule has 4 atom stereocenters. The van der Waals surface area contributed by atoms with Crippen LogP contribution in [0, 0.1) is 23.1 Å². The summed E-state index contributed by atoms with van der Waals surface area (Å²) >= 11 is 12.0. The van der Waals surface area contributed by atoms with Crippen molar-refractivity contribution in [1.82, 2.24) is 24.9 Å². The number of anilines is 1. The fourth-order valence-electron chi connectivity index (χ4n) is 8.82. The highest BCUT2D eigenvalue weighted by atomic mass is 35.5. The summed E-state index contributed by atoms with van der Waals surface area (Å²) in [4.78, 5) is 38.8. The third-order valence-electron chi connectivity index (χ3n) is 11.5. The molecule has 8 rings (SSSR count). The second-order valence-electron chi connectivity index (χ2n) is 15.8. The fourth-order valence-corrected chi connectivity index (χ4v) is 9.16. The number of rotatable bonds is 9. The molecule has 0 aliphatic carbocycles. The van der Waals surface area contributed by atoms with Gasteiger partial charge in [0.2, 0.25) is 17.8 Å². The zero-order valence-electron chi connectivity index (χ0n) is 33.4. The summed E-state index contributed by atoms with van der Waals surface area (Å²) in [6.45, 7) is 4.80. The molecule has 4 aliphatic rings. The lowest BCUT2D eigenvalue weighted by molar-refractivity contribution is -0.132. The Morgan fingerprint density at radius 1 is 0.705 bits per heavy atom. The first-order chi connectivity index (χ1) is 29.4. The van der Waals surface area contributed by atoms with Crippen LogP contribution in [-0.2, 0) is 22.7 Å². The lowest BCUT2D eigenvalue weighted by atomic mass is 10.1. The number of amides is 2. The minimum Gasteiger partial charge on any atom is -0.398 e. The van der Waals surface area contributed by atoms with E-state index in [1.165, 1.54) is 24.3 Å². The largest absolute Gasteiger partial charge is 0.398 e. The molecule has 4 fully saturated rings. The van der Waals surface area contributed by atoms with E-state index in [0.29, 0.717) is 27.0 Å². The molecular weight excluding hydrogens is 819 g/mol. The first kappa shape index (κ1) is 43.3. The van der Waals surface area contributed by atoms with Crippen molar-refractivity contribution in [2.45, 2.75) is 62.9 Å². The topological polar surface area (TPSA) is 147 Å². The average molecular weight is 867 g/mol. The maximum atomic E-state index is 13.2. The Balaban J connectivity index is 0.000000186. The monoisotopic (exact) mass is 865 g/mol. The van der Waals surface area contributed by atoms with Gasteiger partial charge in [-0.3, -0.25) is 24.7 Å². The van der Waals surface area contributed by atoms with Gasteiger partial charge in [0.1, 0.15) is 11.6 Å². The number of piperazine rings is 2. The van der Waals surface area contributed by atoms with E-state index in [9.17, 15) is 18.4 Å². The highest BCUT2D eigenvalue weighted by molar-refractivity contribution is 6.31. The van der Waals surface area contributed by atoms with Crippen LogP contribution in [0.4, 0.5) is 20.2 Å². The number of fused-ring (bicyclic) bond motifs is 4. The molecule has 316 valence electrons. The number of carbonyl (C=O) groups excluding carboxylic acids is 2. The Morgan fingerprint density at radius 3 is 1.57 bits per heavy atom. The number of halogens is 4. The minimum absolute atomic E-state index is 0.0308. The highest BCUT2D eigenvalue weighted by Gasteiger charge is 2.42. The van der Waals surface area contributed by atoms with E-state index >= 15 is 0 Å². The molecule has 0 spiro atoms. The number of hydrogen-bond donors (Lipinski definition) is 3. The van der Waals surface area contributed by atoms with Gasteiger partial charge in [-0.25, -0.2) is 13.8 Å². The number of nitrogens with two attached hydrogens (primary N) is 2. The molecule has 11 nitrogen and oxygen atoms in total. The van der Waals surface area contributed by atoms with Gasteiger partial charge < -0.3 is 21.3 Å². The maximum absolute atomic E-state index is 13.2. The Morgan fingerprint density at radius 2 is 1.13 bits per heavy atom. The molecule has 4 aromatic carbocycles. The van der Waals surface area contributed by atoms with E-state index in [-0.39, 0.29) is 53.6 Å². The number of guanidine groups is 1. The van der Waals surface area contributed by atoms with Crippen molar-refractivity contribution in [3.8, 4) is 6.19 Å². The molecule has 15 heteroatoms. The molecule has 0 aromatic heterocycles. The van der Waals surface area contributed by atoms with E-state index < -0.39 is 0 Å². The number of nitrogens with zero attached hydrogens (tertiary/aromatic N) is 6. The van der Waals surface area contributed by atoms with Gasteiger partial charge in [0.15, 0.2) is 6.19 Å². The zero-order chi connectivity index (χ0) is 43.0. The number of likely N-dealkylation sites (tertiary alicyclic amines) is 2. The van der Waals surface area contributed by atoms with Gasteiger partial charge in [-0.2, -0.15) is 5.26 Å². The Labute approximate surface area is 364 Å². The second kappa shape index (κ2) is 19.7. The first-order valence-corrected chi connectivity index (χ1v) is 21.0. The third-order valence-corrected chi connectivity index (χ3v) is 12.0. The van der Waals surface area contributed by atoms with E-state index in [1.54, 1.807) is 60.8 Å². The van der Waals surface area contributed by atoms with Gasteiger partial charge in [0, 0.05) is 96.9 Å². The number of nitrogen functional groups attached to an aromatic ring is 1. The van der Waals surface area contributed by atoms with Crippen molar-refractivity contribution in [3.05, 3.63) is 141 Å². The van der Waals surface area contributed by atoms with Crippen LogP contribution in [0.15, 0.2) is 102 Å². The summed E-state index contributed by atoms with van der Waals surface area (Å²) in [5, 5.41) is 12.0. The van der Waals surface area contributed by atoms with Crippen molar-refractivity contribution in [1.29, 1.82) is 5.26 Å². The van der Waals surface area contributed by atoms with E-state index in [2.05, 4.69) is 20.1 Å². The lowest BCUT2D eigenvalue weighted by Gasteiger charge is -2.40. The highest BCUT2D eigenvalue weighted by Crippen LogP contribution is 2.33. The normalized spacial score (nSPS) is 21.4. The van der Waals surface area contributed by atoms with Crippen molar-refractivity contribution < 1.29 is 18.4 Å². The van der Waals surface area contributed by atoms with Crippen LogP contribution < -0.4 is 16.8 Å². The van der Waals surface area contributed by atoms with Crippen molar-refractivity contribution in [3.63, 3.8) is 0 Å². The number of aliphatic imine (C=N–C) groups is 1. The Hall–Kier alpha value is -5.78. The molecule has 5 N–H and O–H groups in total. The van der Waals surface area contributed by atoms with Gasteiger partial charge >= 0.3 is 0 Å². The predicted molar refractivity (Wildman–Crippen MR) is 236 cm³/mol. The van der Waals surface area contributed by atoms with E-state index in [1.807, 2.05) is 40.1 Å². The summed E-state index contributed by atoms with van der Waals surface area (Å²) in [5.74, 6) is -0.525. The predicted octanol–water partition coefficient (Wildman–Crippen LogP) is 7.33. The molecule has 4 aromatic rings. The molecule has 4 saturated heterocycles. The standard InChI is InChI=1S/C24H24ClFN6O.C22H23ClFN3O/c25-18-5-3-17(22(11-18)30-24(28)29-15-27)4-10-23(33)32-20-8-9-21(32)14-31(13-20)12-16-1-6-19(26)7-2-16;23-17-5-3-16(21(25)11-17)4-10-22(28)27-19-8-9-20(27)14-26(13-19)12-15-1-6-18(24)7-2-15/h1-7,10-11,20-21H,8-9,12-14H2,(H3,28,29,30);1-7,10-11,19-20H,8-9,12-14,25H2/b2*10-4+. The van der Waals surface area contributed by atoms with Crippen LogP contribution in [-0.4, -0.2) is 87.7 Å². The van der Waals surface area contributed by atoms with E-state index in [4.69, 9.17) is 39.9 Å². The van der Waals surface area contributed by atoms with Gasteiger partial charge in [-0.05, 0) is 103 Å². The maximum Gasteiger partial charge on any atom is 0.247 e. The summed E-state index contributed by atoms with van der Waals surface area (Å²) in [6, 6.07) is 24.3. The molecule has 2 amide bonds. The smallest absolute Gasteiger partial charge is 0.247 e. The van der Waals surface area contributed by atoms with Gasteiger partial charge in [0.05, 0.1) is 5.69 Å². The number of nitrogens with one attached hydrogen (secondary N) is 1. The van der Waals surface area contributed by atoms with Gasteiger partial charge in [0.25, 0.3) is 0 Å². The van der Waals surface area contributed by atoms with Crippen LogP contribution in [0.25, 0.3) is 12.2 Å². The number of benzene rings is 4. The summed E-state index contributed by atoms with van der Waals surface area (Å²) in [5.41, 5.74) is 16.3. The molecule has 4 bridgehead atoms. The van der Waals surface area contributed by atoms with Gasteiger partial charge in [-0.1, -0.05) is 59.6 Å². The second-order valence-corrected chi connectivity index (χ2v) is 16.7. The molecule has 0 saturated carbocycles. The van der Waals surface area contributed by atoms with Gasteiger partial charge in [-0.15, -0.1) is 0 Å². The van der Waals surface area contributed by atoms with Crippen molar-refractivity contribution in [2.75, 3.05) is 31.9 Å². The molecule has 4 unspecified atom stereocenters. The SMILES string of the molecule is N#CNC(N)=Nc1cc(Cl)ccc1/C=C/C(=O)N1C2CCC1CN(Cc1ccc(F)cc1)C2.Nc1cc(Cl)ccc1/C=C/C(=O)N1C2CCC1CN(Cc1ccc(F)cc1)C2. The summed E-state index contributed by atoms with van der Waals surface area (Å²) < 4.78 is 26.3. The Kier molecular flexibility index (Phi) is 14.0. The van der Waals surface area contributed by atoms with Crippen molar-refractivity contribution >= 4 is 64.5 Å². The minimum atomic E-state index is -0.237.